The molecule has 0 spiro atoms. The number of hydrogen-bond acceptors (Lipinski definition) is 5. The van der Waals surface area contributed by atoms with Crippen molar-refractivity contribution in [2.24, 2.45) is 0 Å². The van der Waals surface area contributed by atoms with E-state index in [4.69, 9.17) is 4.43 Å². The molecule has 1 aromatic heterocycles. The molecule has 3 aromatic rings. The molecule has 2 aromatic carbocycles. The maximum absolute atomic E-state index is 9.31. The lowest BCUT2D eigenvalue weighted by atomic mass is 9.82. The van der Waals surface area contributed by atoms with Gasteiger partial charge >= 0.3 is 7.12 Å². The molecule has 0 aliphatic carbocycles. The lowest BCUT2D eigenvalue weighted by Crippen LogP contribution is -2.68. The Bertz CT molecular complexity index is 979. The molecule has 0 amide bonds. The highest BCUT2D eigenvalue weighted by atomic mass is 28.4. The van der Waals surface area contributed by atoms with Crippen LogP contribution in [0.5, 0.6) is 0 Å². The van der Waals surface area contributed by atoms with Crippen LogP contribution in [0.15, 0.2) is 79.0 Å². The van der Waals surface area contributed by atoms with Gasteiger partial charge in [0.05, 0.1) is 0 Å². The highest BCUT2D eigenvalue weighted by molar-refractivity contribution is 6.99. The van der Waals surface area contributed by atoms with Crippen molar-refractivity contribution in [2.45, 2.75) is 44.8 Å². The van der Waals surface area contributed by atoms with Crippen LogP contribution >= 0.6 is 0 Å². The molecule has 7 heteroatoms. The number of rotatable bonds is 6. The lowest BCUT2D eigenvalue weighted by molar-refractivity contribution is 0.158. The predicted octanol–water partition coefficient (Wildman–Crippen LogP) is 2.31. The second kappa shape index (κ2) is 9.81. The Morgan fingerprint density at radius 3 is 1.85 bits per heavy atom. The Balaban J connectivity index is 1.58. The molecule has 0 atom stereocenters. The summed E-state index contributed by atoms with van der Waals surface area (Å²) >= 11 is 0. The maximum Gasteiger partial charge on any atom is 0.490 e. The van der Waals surface area contributed by atoms with Crippen molar-refractivity contribution in [3.05, 3.63) is 79.0 Å². The standard InChI is InChI=1S/C26H33BN2O3Si/c1-26(2,3)33(23-10-6-4-7-11-23,24-12-8-5-9-13-24)32-22-16-18-29(19-17-22)25-15-14-21(20-28-25)27(30)31/h4-15,20,22,30-31H,16-19H2,1-3H3. The molecule has 1 aliphatic heterocycles. The summed E-state index contributed by atoms with van der Waals surface area (Å²) in [4.78, 5) is 6.68. The summed E-state index contributed by atoms with van der Waals surface area (Å²) in [5, 5.41) is 21.2. The monoisotopic (exact) mass is 460 g/mol. The SMILES string of the molecule is CC(C)(C)[Si](OC1CCN(c2ccc(B(O)O)cn2)CC1)(c1ccccc1)c1ccccc1. The first kappa shape index (κ1) is 23.7. The van der Waals surface area contributed by atoms with E-state index in [2.05, 4.69) is 91.3 Å². The number of hydrogen-bond donors (Lipinski definition) is 2. The van der Waals surface area contributed by atoms with Crippen LogP contribution in [-0.4, -0.2) is 49.7 Å². The summed E-state index contributed by atoms with van der Waals surface area (Å²) in [6.45, 7) is 8.66. The van der Waals surface area contributed by atoms with Gasteiger partial charge < -0.3 is 19.4 Å². The van der Waals surface area contributed by atoms with Crippen LogP contribution in [0.1, 0.15) is 33.6 Å². The molecule has 0 bridgehead atoms. The number of aromatic nitrogens is 1. The Hall–Kier alpha value is -2.45. The van der Waals surface area contributed by atoms with E-state index in [-0.39, 0.29) is 11.1 Å². The minimum atomic E-state index is -2.55. The van der Waals surface area contributed by atoms with Gasteiger partial charge in [-0.25, -0.2) is 4.98 Å². The summed E-state index contributed by atoms with van der Waals surface area (Å²) in [7, 11) is -4.04. The van der Waals surface area contributed by atoms with E-state index < -0.39 is 15.4 Å². The van der Waals surface area contributed by atoms with E-state index in [9.17, 15) is 10.0 Å². The van der Waals surface area contributed by atoms with Gasteiger partial charge in [-0.05, 0) is 34.3 Å². The zero-order valence-electron chi connectivity index (χ0n) is 19.7. The summed E-state index contributed by atoms with van der Waals surface area (Å²) in [5.74, 6) is 0.864. The molecule has 1 aliphatic rings. The lowest BCUT2D eigenvalue weighted by Gasteiger charge is -2.46. The quantitative estimate of drug-likeness (QED) is 0.553. The molecule has 4 rings (SSSR count). The number of anilines is 1. The largest absolute Gasteiger partial charge is 0.490 e. The second-order valence-electron chi connectivity index (χ2n) is 9.79. The van der Waals surface area contributed by atoms with Gasteiger partial charge in [-0.15, -0.1) is 0 Å². The van der Waals surface area contributed by atoms with Gasteiger partial charge in [-0.2, -0.15) is 0 Å². The van der Waals surface area contributed by atoms with Gasteiger partial charge in [-0.1, -0.05) is 87.5 Å². The Morgan fingerprint density at radius 2 is 1.42 bits per heavy atom. The highest BCUT2D eigenvalue weighted by Crippen LogP contribution is 2.38. The van der Waals surface area contributed by atoms with Crippen molar-refractivity contribution in [1.29, 1.82) is 0 Å². The predicted molar refractivity (Wildman–Crippen MR) is 138 cm³/mol. The third kappa shape index (κ3) is 4.92. The van der Waals surface area contributed by atoms with Crippen molar-refractivity contribution in [1.82, 2.24) is 4.98 Å². The molecule has 0 saturated carbocycles. The molecule has 5 nitrogen and oxygen atoms in total. The van der Waals surface area contributed by atoms with Crippen LogP contribution in [0, 0.1) is 0 Å². The Labute approximate surface area is 198 Å². The van der Waals surface area contributed by atoms with E-state index in [1.54, 1.807) is 6.07 Å². The molecule has 33 heavy (non-hydrogen) atoms. The van der Waals surface area contributed by atoms with Gasteiger partial charge in [0.2, 0.25) is 0 Å². The number of nitrogens with zero attached hydrogens (tertiary/aromatic N) is 2. The minimum absolute atomic E-state index is 0.0324. The van der Waals surface area contributed by atoms with Crippen LogP contribution in [0.3, 0.4) is 0 Å². The number of benzene rings is 2. The number of pyridine rings is 1. The Morgan fingerprint density at radius 1 is 0.879 bits per heavy atom. The van der Waals surface area contributed by atoms with Crippen molar-refractivity contribution >= 4 is 37.1 Å². The fraction of sp³-hybridized carbons (Fsp3) is 0.346. The first-order valence-electron chi connectivity index (χ1n) is 11.7. The van der Waals surface area contributed by atoms with Crippen LogP contribution in [0.2, 0.25) is 5.04 Å². The van der Waals surface area contributed by atoms with Crippen LogP contribution in [-0.2, 0) is 4.43 Å². The van der Waals surface area contributed by atoms with Crippen molar-refractivity contribution in [3.63, 3.8) is 0 Å². The molecule has 1 fully saturated rings. The first-order chi connectivity index (χ1) is 15.8. The van der Waals surface area contributed by atoms with Crippen LogP contribution in [0.25, 0.3) is 0 Å². The van der Waals surface area contributed by atoms with E-state index in [0.29, 0.717) is 5.46 Å². The summed E-state index contributed by atoms with van der Waals surface area (Å²) in [5.41, 5.74) is 0.406. The molecule has 2 heterocycles. The van der Waals surface area contributed by atoms with Crippen LogP contribution < -0.4 is 20.7 Å². The topological polar surface area (TPSA) is 65.8 Å². The fourth-order valence-corrected chi connectivity index (χ4v) is 9.63. The molecule has 1 saturated heterocycles. The van der Waals surface area contributed by atoms with Crippen molar-refractivity contribution in [3.8, 4) is 0 Å². The molecular weight excluding hydrogens is 427 g/mol. The summed E-state index contributed by atoms with van der Waals surface area (Å²) in [6.07, 6.45) is 3.56. The second-order valence-corrected chi connectivity index (χ2v) is 14.0. The molecule has 172 valence electrons. The number of piperidine rings is 1. The molecule has 2 N–H and O–H groups in total. The molecular formula is C26H33BN2O3Si. The summed E-state index contributed by atoms with van der Waals surface area (Å²) < 4.78 is 7.28. The van der Waals surface area contributed by atoms with Gasteiger partial charge in [-0.3, -0.25) is 0 Å². The highest BCUT2D eigenvalue weighted by Gasteiger charge is 2.51. The van der Waals surface area contributed by atoms with Gasteiger partial charge in [0, 0.05) is 30.9 Å². The molecule has 0 unspecified atom stereocenters. The normalized spacial score (nSPS) is 15.5. The third-order valence-corrected chi connectivity index (χ3v) is 11.7. The average molecular weight is 460 g/mol. The van der Waals surface area contributed by atoms with E-state index in [0.717, 1.165) is 31.7 Å². The summed E-state index contributed by atoms with van der Waals surface area (Å²) in [6, 6.07) is 25.2. The fourth-order valence-electron chi connectivity index (χ4n) is 4.88. The smallest absolute Gasteiger partial charge is 0.423 e. The van der Waals surface area contributed by atoms with E-state index >= 15 is 0 Å². The first-order valence-corrected chi connectivity index (χ1v) is 13.6. The van der Waals surface area contributed by atoms with E-state index in [1.165, 1.54) is 16.6 Å². The maximum atomic E-state index is 9.31. The van der Waals surface area contributed by atoms with Gasteiger partial charge in [0.15, 0.2) is 0 Å². The van der Waals surface area contributed by atoms with Gasteiger partial charge in [0.1, 0.15) is 5.82 Å². The zero-order chi connectivity index (χ0) is 23.5. The van der Waals surface area contributed by atoms with Crippen molar-refractivity contribution in [2.75, 3.05) is 18.0 Å². The van der Waals surface area contributed by atoms with Crippen molar-refractivity contribution < 1.29 is 14.5 Å². The van der Waals surface area contributed by atoms with Gasteiger partial charge in [0.25, 0.3) is 8.32 Å². The minimum Gasteiger partial charge on any atom is -0.423 e. The third-order valence-electron chi connectivity index (χ3n) is 6.60. The zero-order valence-corrected chi connectivity index (χ0v) is 20.7. The molecule has 0 radical (unpaired) electrons. The van der Waals surface area contributed by atoms with Crippen LogP contribution in [0.4, 0.5) is 5.82 Å². The van der Waals surface area contributed by atoms with E-state index in [1.807, 2.05) is 6.07 Å². The average Bonchev–Trinajstić information content (AvgIpc) is 2.83. The Kier molecular flexibility index (Phi) is 7.05.